The van der Waals surface area contributed by atoms with Crippen LogP contribution in [0.25, 0.3) is 10.6 Å². The van der Waals surface area contributed by atoms with Crippen molar-refractivity contribution in [2.75, 3.05) is 16.2 Å². The molecule has 11 heteroatoms. The van der Waals surface area contributed by atoms with Gasteiger partial charge in [-0.1, -0.05) is 69.2 Å². The Balaban J connectivity index is 1.57. The quantitative estimate of drug-likeness (QED) is 0.323. The van der Waals surface area contributed by atoms with Crippen LogP contribution < -0.4 is 9.62 Å². The molecule has 1 heterocycles. The summed E-state index contributed by atoms with van der Waals surface area (Å²) in [5, 5.41) is 12.2. The minimum absolute atomic E-state index is 0.0849. The molecule has 0 aliphatic carbocycles. The van der Waals surface area contributed by atoms with Crippen molar-refractivity contribution in [3.05, 3.63) is 88.4 Å². The molecular weight excluding hydrogens is 548 g/mol. The predicted octanol–water partition coefficient (Wildman–Crippen LogP) is 5.46. The molecule has 1 N–H and O–H groups in total. The van der Waals surface area contributed by atoms with E-state index in [4.69, 9.17) is 11.6 Å². The van der Waals surface area contributed by atoms with Gasteiger partial charge in [-0.3, -0.25) is 14.4 Å². The number of nitrogens with one attached hydrogen (secondary N) is 1. The Kier molecular flexibility index (Phi) is 7.08. The third kappa shape index (κ3) is 5.59. The van der Waals surface area contributed by atoms with Gasteiger partial charge in [0.1, 0.15) is 11.6 Å². The van der Waals surface area contributed by atoms with Crippen molar-refractivity contribution < 1.29 is 13.2 Å². The monoisotopic (exact) mass is 562 g/mol. The molecule has 0 atom stereocenters. The van der Waals surface area contributed by atoms with Crippen molar-refractivity contribution in [3.63, 3.8) is 0 Å². The number of hydrogen-bond donors (Lipinski definition) is 1. The van der Waals surface area contributed by atoms with Crippen LogP contribution in [-0.2, 0) is 14.8 Å². The first kappa shape index (κ1) is 23.4. The number of hydrogen-bond acceptors (Lipinski definition) is 6. The summed E-state index contributed by atoms with van der Waals surface area (Å²) in [7, 11) is -3.98. The fourth-order valence-corrected chi connectivity index (χ4v) is 5.51. The zero-order valence-electron chi connectivity index (χ0n) is 16.9. The Morgan fingerprint density at radius 2 is 1.64 bits per heavy atom. The maximum atomic E-state index is 13.3. The lowest BCUT2D eigenvalue weighted by Gasteiger charge is -2.24. The average molecular weight is 564 g/mol. The summed E-state index contributed by atoms with van der Waals surface area (Å²) in [5.41, 5.74) is 1.16. The molecule has 4 rings (SSSR count). The molecule has 0 unspecified atom stereocenters. The van der Waals surface area contributed by atoms with Gasteiger partial charge in [0.15, 0.2) is 0 Å². The van der Waals surface area contributed by atoms with Crippen LogP contribution in [0.1, 0.15) is 0 Å². The zero-order valence-corrected chi connectivity index (χ0v) is 20.8. The van der Waals surface area contributed by atoms with Crippen molar-refractivity contribution in [3.8, 4) is 10.6 Å². The van der Waals surface area contributed by atoms with Crippen LogP contribution in [0.15, 0.2) is 88.2 Å². The molecule has 0 saturated carbocycles. The third-order valence-electron chi connectivity index (χ3n) is 4.50. The van der Waals surface area contributed by atoms with Gasteiger partial charge in [0.05, 0.1) is 10.6 Å². The number of rotatable bonds is 7. The second-order valence-electron chi connectivity index (χ2n) is 6.77. The molecule has 168 valence electrons. The Bertz CT molecular complexity index is 1360. The molecule has 0 aliphatic rings. The van der Waals surface area contributed by atoms with E-state index >= 15 is 0 Å². The summed E-state index contributed by atoms with van der Waals surface area (Å²) in [6.45, 7) is -0.436. The number of nitrogens with zero attached hydrogens (tertiary/aromatic N) is 3. The van der Waals surface area contributed by atoms with Gasteiger partial charge in [-0.2, -0.15) is 0 Å². The highest BCUT2D eigenvalue weighted by Crippen LogP contribution is 2.28. The number of carbonyl (C=O) groups is 1. The highest BCUT2D eigenvalue weighted by atomic mass is 79.9. The summed E-state index contributed by atoms with van der Waals surface area (Å²) in [6.07, 6.45) is 0. The minimum atomic E-state index is -3.98. The van der Waals surface area contributed by atoms with E-state index < -0.39 is 22.5 Å². The van der Waals surface area contributed by atoms with Crippen LogP contribution in [0.5, 0.6) is 0 Å². The number of anilines is 2. The lowest BCUT2D eigenvalue weighted by atomic mass is 10.2. The number of benzene rings is 3. The standard InChI is InChI=1S/C22H16BrClN4O3S2/c23-16-8-12-18(13-9-16)28(33(30,31)19-4-2-1-3-5-19)14-20(29)25-22-27-26-21(32-22)15-6-10-17(24)11-7-15/h1-13H,14H2,(H,25,27,29). The zero-order chi connectivity index (χ0) is 23.4. The van der Waals surface area contributed by atoms with Gasteiger partial charge in [0.25, 0.3) is 10.0 Å². The average Bonchev–Trinajstić information content (AvgIpc) is 3.27. The van der Waals surface area contributed by atoms with E-state index in [1.54, 1.807) is 66.7 Å². The second-order valence-corrected chi connectivity index (χ2v) is 11.0. The van der Waals surface area contributed by atoms with E-state index in [0.717, 1.165) is 14.3 Å². The summed E-state index contributed by atoms with van der Waals surface area (Å²) < 4.78 is 28.5. The number of carbonyl (C=O) groups excluding carboxylic acids is 1. The van der Waals surface area contributed by atoms with Gasteiger partial charge in [0, 0.05) is 15.1 Å². The van der Waals surface area contributed by atoms with Gasteiger partial charge in [-0.25, -0.2) is 8.42 Å². The van der Waals surface area contributed by atoms with E-state index in [0.29, 0.717) is 15.7 Å². The van der Waals surface area contributed by atoms with E-state index in [1.165, 1.54) is 23.5 Å². The van der Waals surface area contributed by atoms with Crippen LogP contribution in [-0.4, -0.2) is 31.1 Å². The van der Waals surface area contributed by atoms with E-state index in [2.05, 4.69) is 31.4 Å². The smallest absolute Gasteiger partial charge is 0.264 e. The van der Waals surface area contributed by atoms with Crippen LogP contribution in [0, 0.1) is 0 Å². The summed E-state index contributed by atoms with van der Waals surface area (Å²) >= 11 is 10.4. The maximum Gasteiger partial charge on any atom is 0.264 e. The predicted molar refractivity (Wildman–Crippen MR) is 134 cm³/mol. The fourth-order valence-electron chi connectivity index (χ4n) is 2.91. The molecule has 33 heavy (non-hydrogen) atoms. The Morgan fingerprint density at radius 1 is 0.970 bits per heavy atom. The number of amides is 1. The van der Waals surface area contributed by atoms with E-state index in [1.807, 2.05) is 0 Å². The van der Waals surface area contributed by atoms with E-state index in [9.17, 15) is 13.2 Å². The van der Waals surface area contributed by atoms with Crippen molar-refractivity contribution >= 4 is 65.6 Å². The Morgan fingerprint density at radius 3 is 2.30 bits per heavy atom. The normalized spacial score (nSPS) is 11.2. The summed E-state index contributed by atoms with van der Waals surface area (Å²) in [6, 6.07) is 21.7. The van der Waals surface area contributed by atoms with Crippen molar-refractivity contribution in [2.24, 2.45) is 0 Å². The van der Waals surface area contributed by atoms with Crippen molar-refractivity contribution in [1.82, 2.24) is 10.2 Å². The molecule has 0 fully saturated rings. The minimum Gasteiger partial charge on any atom is -0.299 e. The Labute approximate surface area is 208 Å². The molecule has 0 bridgehead atoms. The fraction of sp³-hybridized carbons (Fsp3) is 0.0455. The summed E-state index contributed by atoms with van der Waals surface area (Å²) in [5.74, 6) is -0.545. The first-order valence-electron chi connectivity index (χ1n) is 9.55. The first-order chi connectivity index (χ1) is 15.8. The number of sulfonamides is 1. The second kappa shape index (κ2) is 10.0. The molecular formula is C22H16BrClN4O3S2. The van der Waals surface area contributed by atoms with E-state index in [-0.39, 0.29) is 10.0 Å². The molecule has 0 radical (unpaired) electrons. The van der Waals surface area contributed by atoms with Gasteiger partial charge >= 0.3 is 0 Å². The van der Waals surface area contributed by atoms with Crippen LogP contribution >= 0.6 is 38.9 Å². The van der Waals surface area contributed by atoms with Crippen molar-refractivity contribution in [1.29, 1.82) is 0 Å². The SMILES string of the molecule is O=C(CN(c1ccc(Br)cc1)S(=O)(=O)c1ccccc1)Nc1nnc(-c2ccc(Cl)cc2)s1. The molecule has 0 spiro atoms. The van der Waals surface area contributed by atoms with Gasteiger partial charge in [-0.15, -0.1) is 10.2 Å². The molecule has 0 aliphatic heterocycles. The van der Waals surface area contributed by atoms with Gasteiger partial charge < -0.3 is 0 Å². The van der Waals surface area contributed by atoms with Crippen LogP contribution in [0.3, 0.4) is 0 Å². The summed E-state index contributed by atoms with van der Waals surface area (Å²) in [4.78, 5) is 12.9. The molecule has 4 aromatic rings. The van der Waals surface area contributed by atoms with Gasteiger partial charge in [0.2, 0.25) is 11.0 Å². The highest BCUT2D eigenvalue weighted by Gasteiger charge is 2.27. The lowest BCUT2D eigenvalue weighted by Crippen LogP contribution is -2.38. The first-order valence-corrected chi connectivity index (χ1v) is 13.0. The molecule has 7 nitrogen and oxygen atoms in total. The van der Waals surface area contributed by atoms with Gasteiger partial charge in [-0.05, 0) is 48.5 Å². The molecule has 1 aromatic heterocycles. The van der Waals surface area contributed by atoms with Crippen LogP contribution in [0.2, 0.25) is 5.02 Å². The van der Waals surface area contributed by atoms with Crippen molar-refractivity contribution in [2.45, 2.75) is 4.90 Å². The Hall–Kier alpha value is -2.79. The molecule has 0 saturated heterocycles. The number of aromatic nitrogens is 2. The third-order valence-corrected chi connectivity index (χ3v) is 7.95. The molecule has 3 aromatic carbocycles. The highest BCUT2D eigenvalue weighted by molar-refractivity contribution is 9.10. The maximum absolute atomic E-state index is 13.3. The molecule has 1 amide bonds. The topological polar surface area (TPSA) is 92.3 Å². The van der Waals surface area contributed by atoms with Crippen LogP contribution in [0.4, 0.5) is 10.8 Å². The number of halogens is 2. The lowest BCUT2D eigenvalue weighted by molar-refractivity contribution is -0.114. The largest absolute Gasteiger partial charge is 0.299 e.